The molecule has 40 heavy (non-hydrogen) atoms. The Kier molecular flexibility index (Phi) is 24.2. The minimum absolute atomic E-state index is 0.0857. The summed E-state index contributed by atoms with van der Waals surface area (Å²) in [5.41, 5.74) is -1.02. The fourth-order valence-corrected chi connectivity index (χ4v) is 2.61. The van der Waals surface area contributed by atoms with Crippen molar-refractivity contribution in [2.45, 2.75) is 52.7 Å². The molecular weight excluding hydrogens is 530 g/mol. The largest absolute Gasteiger partial charge is 0.458 e. The minimum Gasteiger partial charge on any atom is -0.458 e. The van der Waals surface area contributed by atoms with Crippen molar-refractivity contribution in [1.29, 1.82) is 0 Å². The van der Waals surface area contributed by atoms with Crippen LogP contribution in [0.25, 0.3) is 0 Å². The zero-order chi connectivity index (χ0) is 30.0. The molecule has 13 nitrogen and oxygen atoms in total. The van der Waals surface area contributed by atoms with Gasteiger partial charge in [0.1, 0.15) is 17.8 Å². The number of esters is 1. The normalized spacial score (nSPS) is 11.9. The van der Waals surface area contributed by atoms with Gasteiger partial charge in [-0.15, -0.1) is 0 Å². The Balaban J connectivity index is 3.17. The Morgan fingerprint density at radius 1 is 0.450 bits per heavy atom. The summed E-state index contributed by atoms with van der Waals surface area (Å²) in [6.45, 7) is 17.8. The van der Waals surface area contributed by atoms with Gasteiger partial charge in [0.25, 0.3) is 0 Å². The number of amides is 1. The summed E-state index contributed by atoms with van der Waals surface area (Å²) in [5, 5.41) is 2.62. The van der Waals surface area contributed by atoms with Crippen LogP contribution in [0.3, 0.4) is 0 Å². The maximum atomic E-state index is 11.5. The van der Waals surface area contributed by atoms with E-state index in [1.54, 1.807) is 0 Å². The number of nitrogens with one attached hydrogen (secondary N) is 1. The van der Waals surface area contributed by atoms with Gasteiger partial charge in [-0.3, -0.25) is 0 Å². The first-order valence-corrected chi connectivity index (χ1v) is 13.8. The van der Waals surface area contributed by atoms with Gasteiger partial charge < -0.3 is 52.7 Å². The van der Waals surface area contributed by atoms with Gasteiger partial charge in [0.15, 0.2) is 0 Å². The summed E-state index contributed by atoms with van der Waals surface area (Å²) in [4.78, 5) is 22.9. The van der Waals surface area contributed by atoms with Crippen LogP contribution >= 0.6 is 0 Å². The number of alkyl carbamates (subject to hydrolysis) is 1. The van der Waals surface area contributed by atoms with Crippen molar-refractivity contribution >= 4 is 12.1 Å². The van der Waals surface area contributed by atoms with Gasteiger partial charge in [-0.2, -0.15) is 0 Å². The fraction of sp³-hybridized carbons (Fsp3) is 0.926. The van der Waals surface area contributed by atoms with E-state index in [-0.39, 0.29) is 12.6 Å². The van der Waals surface area contributed by atoms with Gasteiger partial charge in [-0.1, -0.05) is 0 Å². The van der Waals surface area contributed by atoms with Crippen LogP contribution < -0.4 is 5.32 Å². The number of rotatable bonds is 26. The van der Waals surface area contributed by atoms with Crippen LogP contribution in [-0.2, 0) is 52.2 Å². The summed E-state index contributed by atoms with van der Waals surface area (Å²) < 4.78 is 53.3. The monoisotopic (exact) mass is 583 g/mol. The van der Waals surface area contributed by atoms with Crippen LogP contribution in [0.4, 0.5) is 4.79 Å². The summed E-state index contributed by atoms with van der Waals surface area (Å²) in [6, 6.07) is 0. The van der Waals surface area contributed by atoms with Gasteiger partial charge >= 0.3 is 12.1 Å². The van der Waals surface area contributed by atoms with E-state index in [9.17, 15) is 9.59 Å². The Morgan fingerprint density at radius 3 is 1.07 bits per heavy atom. The number of ether oxygens (including phenoxy) is 10. The Morgan fingerprint density at radius 2 is 0.750 bits per heavy atom. The fourth-order valence-electron chi connectivity index (χ4n) is 2.61. The standard InChI is InChI=1S/C27H53NO12/c1-26(2,3)39-24(29)23-38-22-21-37-20-19-36-18-17-35-16-15-34-14-13-33-12-11-32-10-9-31-8-7-28-25(30)40-27(4,5)6/h7-23H2,1-6H3,(H,28,30). The van der Waals surface area contributed by atoms with Crippen molar-refractivity contribution in [1.82, 2.24) is 5.32 Å². The Hall–Kier alpha value is -1.58. The van der Waals surface area contributed by atoms with Crippen molar-refractivity contribution in [3.63, 3.8) is 0 Å². The second kappa shape index (κ2) is 25.2. The van der Waals surface area contributed by atoms with Crippen LogP contribution in [0.1, 0.15) is 41.5 Å². The second-order valence-corrected chi connectivity index (χ2v) is 10.4. The lowest BCUT2D eigenvalue weighted by atomic mass is 10.2. The zero-order valence-corrected chi connectivity index (χ0v) is 25.4. The second-order valence-electron chi connectivity index (χ2n) is 10.4. The summed E-state index contributed by atoms with van der Waals surface area (Å²) >= 11 is 0. The Labute approximate surface area is 239 Å². The van der Waals surface area contributed by atoms with Gasteiger partial charge in [-0.25, -0.2) is 9.59 Å². The van der Waals surface area contributed by atoms with Gasteiger partial charge in [0.05, 0.1) is 99.1 Å². The zero-order valence-electron chi connectivity index (χ0n) is 25.4. The molecule has 0 radical (unpaired) electrons. The van der Waals surface area contributed by atoms with E-state index in [2.05, 4.69) is 5.32 Å². The molecule has 0 atom stereocenters. The molecule has 238 valence electrons. The van der Waals surface area contributed by atoms with Crippen LogP contribution in [0.15, 0.2) is 0 Å². The summed E-state index contributed by atoms with van der Waals surface area (Å²) in [5.74, 6) is -0.390. The van der Waals surface area contributed by atoms with Crippen LogP contribution in [0, 0.1) is 0 Å². The van der Waals surface area contributed by atoms with Crippen molar-refractivity contribution in [3.05, 3.63) is 0 Å². The molecule has 0 aliphatic carbocycles. The molecule has 0 aromatic heterocycles. The molecule has 1 N–H and O–H groups in total. The topological polar surface area (TPSA) is 138 Å². The van der Waals surface area contributed by atoms with Gasteiger partial charge in [0.2, 0.25) is 0 Å². The Bertz CT molecular complexity index is 555. The molecule has 0 aromatic carbocycles. The van der Waals surface area contributed by atoms with Crippen LogP contribution in [0.2, 0.25) is 0 Å². The molecular formula is C27H53NO12. The van der Waals surface area contributed by atoms with Gasteiger partial charge in [-0.05, 0) is 41.5 Å². The van der Waals surface area contributed by atoms with E-state index < -0.39 is 17.3 Å². The van der Waals surface area contributed by atoms with Crippen molar-refractivity contribution < 1.29 is 57.0 Å². The van der Waals surface area contributed by atoms with Gasteiger partial charge in [0, 0.05) is 6.54 Å². The lowest BCUT2D eigenvalue weighted by Gasteiger charge is -2.19. The number of carbonyl (C=O) groups is 2. The molecule has 0 aliphatic heterocycles. The van der Waals surface area contributed by atoms with Crippen molar-refractivity contribution in [3.8, 4) is 0 Å². The quantitative estimate of drug-likeness (QED) is 0.118. The average molecular weight is 584 g/mol. The molecule has 0 fully saturated rings. The van der Waals surface area contributed by atoms with E-state index in [1.807, 2.05) is 41.5 Å². The lowest BCUT2D eigenvalue weighted by molar-refractivity contribution is -0.160. The maximum absolute atomic E-state index is 11.5. The van der Waals surface area contributed by atoms with E-state index >= 15 is 0 Å². The molecule has 0 spiro atoms. The third-order valence-electron chi connectivity index (χ3n) is 4.16. The third-order valence-corrected chi connectivity index (χ3v) is 4.16. The number of carbonyl (C=O) groups excluding carboxylic acids is 2. The first-order chi connectivity index (χ1) is 19.0. The number of hydrogen-bond donors (Lipinski definition) is 1. The highest BCUT2D eigenvalue weighted by Crippen LogP contribution is 2.07. The molecule has 13 heteroatoms. The molecule has 0 bridgehead atoms. The summed E-state index contributed by atoms with van der Waals surface area (Å²) in [7, 11) is 0. The smallest absolute Gasteiger partial charge is 0.407 e. The molecule has 0 saturated heterocycles. The SMILES string of the molecule is CC(C)(C)OC(=O)COCCOCCOCCOCCOCCOCCOCCOCCNC(=O)OC(C)(C)C. The lowest BCUT2D eigenvalue weighted by Crippen LogP contribution is -2.34. The highest BCUT2D eigenvalue weighted by atomic mass is 16.6. The van der Waals surface area contributed by atoms with E-state index in [4.69, 9.17) is 47.4 Å². The minimum atomic E-state index is -0.512. The van der Waals surface area contributed by atoms with E-state index in [0.717, 1.165) is 0 Å². The van der Waals surface area contributed by atoms with E-state index in [1.165, 1.54) is 0 Å². The van der Waals surface area contributed by atoms with Crippen molar-refractivity contribution in [2.75, 3.05) is 112 Å². The van der Waals surface area contributed by atoms with E-state index in [0.29, 0.717) is 106 Å². The highest BCUT2D eigenvalue weighted by Gasteiger charge is 2.16. The number of hydrogen-bond acceptors (Lipinski definition) is 12. The van der Waals surface area contributed by atoms with Crippen molar-refractivity contribution in [2.24, 2.45) is 0 Å². The van der Waals surface area contributed by atoms with Crippen LogP contribution in [0.5, 0.6) is 0 Å². The predicted octanol–water partition coefficient (Wildman–Crippen LogP) is 1.99. The molecule has 0 aromatic rings. The molecule has 0 saturated carbocycles. The molecule has 0 aliphatic rings. The summed E-state index contributed by atoms with van der Waals surface area (Å²) in [6.07, 6.45) is -0.456. The highest BCUT2D eigenvalue weighted by molar-refractivity contribution is 5.71. The molecule has 0 rings (SSSR count). The maximum Gasteiger partial charge on any atom is 0.407 e. The third kappa shape index (κ3) is 32.6. The molecule has 0 unspecified atom stereocenters. The molecule has 1 amide bonds. The predicted molar refractivity (Wildman–Crippen MR) is 147 cm³/mol. The molecule has 0 heterocycles. The van der Waals surface area contributed by atoms with Crippen LogP contribution in [-0.4, -0.2) is 136 Å². The first kappa shape index (κ1) is 38.4. The first-order valence-electron chi connectivity index (χ1n) is 13.8. The average Bonchev–Trinajstić information content (AvgIpc) is 2.84.